The van der Waals surface area contributed by atoms with Crippen molar-refractivity contribution in [2.45, 2.75) is 4.90 Å². The molecule has 0 saturated heterocycles. The molecule has 0 bridgehead atoms. The number of hydrogen-bond donors (Lipinski definition) is 1. The Morgan fingerprint density at radius 2 is 1.80 bits per heavy atom. The van der Waals surface area contributed by atoms with E-state index in [1.165, 1.54) is 43.5 Å². The SMILES string of the molecule is COc1ccc(S(=O)(=O)Nc2cc(Cl)ccc2F)cc1. The van der Waals surface area contributed by atoms with Gasteiger partial charge >= 0.3 is 0 Å². The highest BCUT2D eigenvalue weighted by Gasteiger charge is 2.16. The van der Waals surface area contributed by atoms with Crippen LogP contribution in [0.2, 0.25) is 5.02 Å². The predicted octanol–water partition coefficient (Wildman–Crippen LogP) is 3.29. The Labute approximate surface area is 121 Å². The highest BCUT2D eigenvalue weighted by molar-refractivity contribution is 7.92. The van der Waals surface area contributed by atoms with Crippen LogP contribution in [0.5, 0.6) is 5.75 Å². The minimum Gasteiger partial charge on any atom is -0.497 e. The van der Waals surface area contributed by atoms with Gasteiger partial charge in [0, 0.05) is 5.02 Å². The molecule has 0 radical (unpaired) electrons. The van der Waals surface area contributed by atoms with E-state index in [1.54, 1.807) is 0 Å². The summed E-state index contributed by atoms with van der Waals surface area (Å²) in [4.78, 5) is -0.00215. The lowest BCUT2D eigenvalue weighted by Crippen LogP contribution is -2.13. The van der Waals surface area contributed by atoms with Gasteiger partial charge in [-0.15, -0.1) is 0 Å². The second-order valence-corrected chi connectivity index (χ2v) is 6.02. The van der Waals surface area contributed by atoms with Gasteiger partial charge in [-0.1, -0.05) is 11.6 Å². The molecule has 2 aromatic rings. The Morgan fingerprint density at radius 3 is 2.40 bits per heavy atom. The standard InChI is InChI=1S/C13H11ClFNO3S/c1-19-10-3-5-11(6-4-10)20(17,18)16-13-8-9(14)2-7-12(13)15/h2-8,16H,1H3. The van der Waals surface area contributed by atoms with E-state index in [4.69, 9.17) is 16.3 Å². The van der Waals surface area contributed by atoms with E-state index in [-0.39, 0.29) is 15.6 Å². The minimum atomic E-state index is -3.88. The Hall–Kier alpha value is -1.79. The maximum atomic E-state index is 13.5. The van der Waals surface area contributed by atoms with Gasteiger partial charge in [0.1, 0.15) is 11.6 Å². The van der Waals surface area contributed by atoms with Crippen molar-refractivity contribution >= 4 is 27.3 Å². The molecule has 0 aliphatic rings. The first kappa shape index (κ1) is 14.6. The van der Waals surface area contributed by atoms with Crippen LogP contribution in [0, 0.1) is 5.82 Å². The summed E-state index contributed by atoms with van der Waals surface area (Å²) in [5.74, 6) is -0.177. The van der Waals surface area contributed by atoms with Crippen LogP contribution in [-0.2, 0) is 10.0 Å². The molecule has 0 heterocycles. The van der Waals surface area contributed by atoms with Crippen LogP contribution in [0.25, 0.3) is 0 Å². The number of ether oxygens (including phenoxy) is 1. The zero-order chi connectivity index (χ0) is 14.8. The average Bonchev–Trinajstić information content (AvgIpc) is 2.43. The normalized spacial score (nSPS) is 11.2. The molecule has 0 aliphatic carbocycles. The number of sulfonamides is 1. The summed E-state index contributed by atoms with van der Waals surface area (Å²) >= 11 is 5.71. The molecule has 2 rings (SSSR count). The van der Waals surface area contributed by atoms with Gasteiger partial charge in [-0.05, 0) is 42.5 Å². The zero-order valence-electron chi connectivity index (χ0n) is 10.4. The number of methoxy groups -OCH3 is 1. The smallest absolute Gasteiger partial charge is 0.261 e. The number of benzene rings is 2. The van der Waals surface area contributed by atoms with Crippen LogP contribution < -0.4 is 9.46 Å². The number of hydrogen-bond acceptors (Lipinski definition) is 3. The summed E-state index contributed by atoms with van der Waals surface area (Å²) in [7, 11) is -2.41. The third kappa shape index (κ3) is 3.20. The highest BCUT2D eigenvalue weighted by atomic mass is 35.5. The van der Waals surface area contributed by atoms with Crippen LogP contribution >= 0.6 is 11.6 Å². The molecule has 1 N–H and O–H groups in total. The molecule has 0 aliphatic heterocycles. The number of halogens is 2. The van der Waals surface area contributed by atoms with Gasteiger partial charge in [-0.3, -0.25) is 4.72 Å². The quantitative estimate of drug-likeness (QED) is 0.942. The van der Waals surface area contributed by atoms with Crippen LogP contribution in [0.3, 0.4) is 0 Å². The number of nitrogens with one attached hydrogen (secondary N) is 1. The molecule has 7 heteroatoms. The maximum absolute atomic E-state index is 13.5. The van der Waals surface area contributed by atoms with E-state index < -0.39 is 15.8 Å². The number of rotatable bonds is 4. The second kappa shape index (κ2) is 5.68. The summed E-state index contributed by atoms with van der Waals surface area (Å²) in [5, 5.41) is 0.235. The van der Waals surface area contributed by atoms with Crippen molar-refractivity contribution < 1.29 is 17.5 Å². The molecule has 0 amide bonds. The van der Waals surface area contributed by atoms with Crippen LogP contribution in [0.1, 0.15) is 0 Å². The lowest BCUT2D eigenvalue weighted by molar-refractivity contribution is 0.414. The molecule has 4 nitrogen and oxygen atoms in total. The monoisotopic (exact) mass is 315 g/mol. The molecule has 0 atom stereocenters. The topological polar surface area (TPSA) is 55.4 Å². The third-order valence-electron chi connectivity index (χ3n) is 2.54. The van der Waals surface area contributed by atoms with Gasteiger partial charge in [0.05, 0.1) is 17.7 Å². The number of anilines is 1. The maximum Gasteiger partial charge on any atom is 0.261 e. The molecule has 0 saturated carbocycles. The third-order valence-corrected chi connectivity index (χ3v) is 4.16. The highest BCUT2D eigenvalue weighted by Crippen LogP contribution is 2.23. The first-order valence-corrected chi connectivity index (χ1v) is 7.40. The van der Waals surface area contributed by atoms with Crippen LogP contribution in [0.4, 0.5) is 10.1 Å². The van der Waals surface area contributed by atoms with Crippen molar-refractivity contribution in [3.8, 4) is 5.75 Å². The van der Waals surface area contributed by atoms with E-state index in [0.717, 1.165) is 6.07 Å². The van der Waals surface area contributed by atoms with Gasteiger partial charge in [-0.25, -0.2) is 12.8 Å². The molecule has 0 aromatic heterocycles. The van der Waals surface area contributed by atoms with Gasteiger partial charge in [0.25, 0.3) is 10.0 Å². The zero-order valence-corrected chi connectivity index (χ0v) is 12.0. The lowest BCUT2D eigenvalue weighted by atomic mass is 10.3. The van der Waals surface area contributed by atoms with Crippen molar-refractivity contribution in [1.82, 2.24) is 0 Å². The molecule has 0 unspecified atom stereocenters. The Morgan fingerprint density at radius 1 is 1.15 bits per heavy atom. The van der Waals surface area contributed by atoms with Gasteiger partial charge in [0.15, 0.2) is 0 Å². The van der Waals surface area contributed by atoms with Crippen molar-refractivity contribution in [2.75, 3.05) is 11.8 Å². The summed E-state index contributed by atoms with van der Waals surface area (Å²) in [5.41, 5.74) is -0.201. The van der Waals surface area contributed by atoms with Crippen LogP contribution in [-0.4, -0.2) is 15.5 Å². The van der Waals surface area contributed by atoms with E-state index in [1.807, 2.05) is 0 Å². The van der Waals surface area contributed by atoms with Crippen LogP contribution in [0.15, 0.2) is 47.4 Å². The first-order valence-electron chi connectivity index (χ1n) is 5.54. The Balaban J connectivity index is 2.32. The molecule has 2 aromatic carbocycles. The molecule has 20 heavy (non-hydrogen) atoms. The molecule has 106 valence electrons. The predicted molar refractivity (Wildman–Crippen MR) is 75.2 cm³/mol. The van der Waals surface area contributed by atoms with E-state index >= 15 is 0 Å². The van der Waals surface area contributed by atoms with E-state index in [2.05, 4.69) is 4.72 Å². The summed E-state index contributed by atoms with van der Waals surface area (Å²) in [6, 6.07) is 9.37. The van der Waals surface area contributed by atoms with Gasteiger partial charge in [-0.2, -0.15) is 0 Å². The first-order chi connectivity index (χ1) is 9.42. The van der Waals surface area contributed by atoms with Crippen molar-refractivity contribution in [1.29, 1.82) is 0 Å². The fourth-order valence-electron chi connectivity index (χ4n) is 1.53. The van der Waals surface area contributed by atoms with E-state index in [9.17, 15) is 12.8 Å². The van der Waals surface area contributed by atoms with Gasteiger partial charge < -0.3 is 4.74 Å². The van der Waals surface area contributed by atoms with Crippen molar-refractivity contribution in [2.24, 2.45) is 0 Å². The van der Waals surface area contributed by atoms with E-state index in [0.29, 0.717) is 5.75 Å². The fourth-order valence-corrected chi connectivity index (χ4v) is 2.76. The minimum absolute atomic E-state index is 0.00215. The summed E-state index contributed by atoms with van der Waals surface area (Å²) < 4.78 is 44.8. The summed E-state index contributed by atoms with van der Waals surface area (Å²) in [6.45, 7) is 0. The Bertz CT molecular complexity index is 717. The van der Waals surface area contributed by atoms with Crippen molar-refractivity contribution in [3.05, 3.63) is 53.3 Å². The average molecular weight is 316 g/mol. The van der Waals surface area contributed by atoms with Gasteiger partial charge in [0.2, 0.25) is 0 Å². The molecular weight excluding hydrogens is 305 g/mol. The molecular formula is C13H11ClFNO3S. The largest absolute Gasteiger partial charge is 0.497 e. The fraction of sp³-hybridized carbons (Fsp3) is 0.0769. The molecule has 0 fully saturated rings. The Kier molecular flexibility index (Phi) is 4.15. The summed E-state index contributed by atoms with van der Waals surface area (Å²) in [6.07, 6.45) is 0. The van der Waals surface area contributed by atoms with Crippen molar-refractivity contribution in [3.63, 3.8) is 0 Å². The lowest BCUT2D eigenvalue weighted by Gasteiger charge is -2.09. The second-order valence-electron chi connectivity index (χ2n) is 3.91. The molecule has 0 spiro atoms.